The van der Waals surface area contributed by atoms with Crippen LogP contribution < -0.4 is 5.73 Å². The Bertz CT molecular complexity index is 351. The Hall–Kier alpha value is -0.390. The highest BCUT2D eigenvalue weighted by atomic mass is 79.9. The molecule has 15 heavy (non-hydrogen) atoms. The van der Waals surface area contributed by atoms with Gasteiger partial charge < -0.3 is 10.8 Å². The fraction of sp³-hybridized carbons (Fsp3) is 0.500. The van der Waals surface area contributed by atoms with E-state index in [9.17, 15) is 4.79 Å². The molecule has 3 N–H and O–H groups in total. The number of thiophene rings is 1. The van der Waals surface area contributed by atoms with Crippen molar-refractivity contribution in [2.45, 2.75) is 32.2 Å². The molecule has 1 unspecified atom stereocenters. The van der Waals surface area contributed by atoms with Gasteiger partial charge in [-0.3, -0.25) is 4.79 Å². The number of carboxylic acids is 1. The molecule has 0 aliphatic rings. The lowest BCUT2D eigenvalue weighted by molar-refractivity contribution is -0.137. The highest BCUT2D eigenvalue weighted by Crippen LogP contribution is 2.31. The summed E-state index contributed by atoms with van der Waals surface area (Å²) >= 11 is 5.07. The first kappa shape index (κ1) is 12.7. The van der Waals surface area contributed by atoms with Crippen molar-refractivity contribution >= 4 is 33.2 Å². The summed E-state index contributed by atoms with van der Waals surface area (Å²) in [4.78, 5) is 11.5. The number of aliphatic carboxylic acids is 1. The summed E-state index contributed by atoms with van der Waals surface area (Å²) in [5.74, 6) is -0.759. The molecule has 0 aliphatic carbocycles. The highest BCUT2D eigenvalue weighted by molar-refractivity contribution is 9.11. The van der Waals surface area contributed by atoms with E-state index in [1.54, 1.807) is 11.3 Å². The predicted octanol–water partition coefficient (Wildman–Crippen LogP) is 3.07. The minimum Gasteiger partial charge on any atom is -0.481 e. The van der Waals surface area contributed by atoms with Crippen molar-refractivity contribution in [3.8, 4) is 0 Å². The molecule has 0 aliphatic heterocycles. The maximum atomic E-state index is 10.3. The van der Waals surface area contributed by atoms with Crippen LogP contribution in [0.2, 0.25) is 0 Å². The van der Waals surface area contributed by atoms with Crippen molar-refractivity contribution in [3.05, 3.63) is 20.3 Å². The van der Waals surface area contributed by atoms with Gasteiger partial charge in [-0.1, -0.05) is 0 Å². The zero-order chi connectivity index (χ0) is 11.4. The molecular formula is C10H14BrNO2S. The Morgan fingerprint density at radius 3 is 2.87 bits per heavy atom. The van der Waals surface area contributed by atoms with Crippen LogP contribution in [0.15, 0.2) is 9.85 Å². The SMILES string of the molecule is Cc1sc(Br)cc1C(N)CCCC(=O)O. The van der Waals surface area contributed by atoms with Crippen molar-refractivity contribution in [1.29, 1.82) is 0 Å². The van der Waals surface area contributed by atoms with Gasteiger partial charge in [0.25, 0.3) is 0 Å². The normalized spacial score (nSPS) is 12.7. The number of nitrogens with two attached hydrogens (primary N) is 1. The summed E-state index contributed by atoms with van der Waals surface area (Å²) in [6.45, 7) is 2.03. The molecule has 0 aromatic carbocycles. The number of hydrogen-bond donors (Lipinski definition) is 2. The van der Waals surface area contributed by atoms with E-state index < -0.39 is 5.97 Å². The smallest absolute Gasteiger partial charge is 0.303 e. The monoisotopic (exact) mass is 291 g/mol. The second-order valence-electron chi connectivity index (χ2n) is 3.45. The van der Waals surface area contributed by atoms with E-state index in [0.29, 0.717) is 6.42 Å². The summed E-state index contributed by atoms with van der Waals surface area (Å²) in [5, 5.41) is 8.51. The topological polar surface area (TPSA) is 63.3 Å². The fourth-order valence-corrected chi connectivity index (χ4v) is 3.24. The van der Waals surface area contributed by atoms with E-state index in [2.05, 4.69) is 15.9 Å². The standard InChI is InChI=1S/C10H14BrNO2S/c1-6-7(5-9(11)15-6)8(12)3-2-4-10(13)14/h5,8H,2-4,12H2,1H3,(H,13,14). The first-order valence-corrected chi connectivity index (χ1v) is 6.35. The van der Waals surface area contributed by atoms with Gasteiger partial charge in [0, 0.05) is 17.3 Å². The largest absolute Gasteiger partial charge is 0.481 e. The molecule has 1 aromatic heterocycles. The minimum absolute atomic E-state index is 0.0492. The van der Waals surface area contributed by atoms with Crippen LogP contribution in [0.4, 0.5) is 0 Å². The Kier molecular flexibility index (Phi) is 4.76. The van der Waals surface area contributed by atoms with Gasteiger partial charge in [-0.05, 0) is 47.3 Å². The molecule has 5 heteroatoms. The van der Waals surface area contributed by atoms with Crippen LogP contribution in [-0.2, 0) is 4.79 Å². The van der Waals surface area contributed by atoms with Crippen molar-refractivity contribution in [3.63, 3.8) is 0 Å². The van der Waals surface area contributed by atoms with Crippen LogP contribution in [0.3, 0.4) is 0 Å². The van der Waals surface area contributed by atoms with Gasteiger partial charge in [0.2, 0.25) is 0 Å². The third-order valence-corrected chi connectivity index (χ3v) is 3.80. The summed E-state index contributed by atoms with van der Waals surface area (Å²) in [6, 6.07) is 1.97. The maximum absolute atomic E-state index is 10.3. The van der Waals surface area contributed by atoms with Crippen LogP contribution in [0.1, 0.15) is 35.7 Å². The van der Waals surface area contributed by atoms with Crippen molar-refractivity contribution < 1.29 is 9.90 Å². The van der Waals surface area contributed by atoms with Gasteiger partial charge in [-0.25, -0.2) is 0 Å². The Balaban J connectivity index is 2.50. The van der Waals surface area contributed by atoms with E-state index in [1.165, 1.54) is 4.88 Å². The Labute approximate surface area is 101 Å². The van der Waals surface area contributed by atoms with Crippen molar-refractivity contribution in [1.82, 2.24) is 0 Å². The first-order chi connectivity index (χ1) is 7.00. The van der Waals surface area contributed by atoms with Gasteiger partial charge in [0.1, 0.15) is 0 Å². The molecule has 1 rings (SSSR count). The minimum atomic E-state index is -0.759. The first-order valence-electron chi connectivity index (χ1n) is 4.74. The molecule has 3 nitrogen and oxygen atoms in total. The molecule has 0 spiro atoms. The third kappa shape index (κ3) is 3.93. The number of hydrogen-bond acceptors (Lipinski definition) is 3. The zero-order valence-electron chi connectivity index (χ0n) is 8.50. The average molecular weight is 292 g/mol. The number of carbonyl (C=O) groups is 1. The Morgan fingerprint density at radius 1 is 1.73 bits per heavy atom. The zero-order valence-corrected chi connectivity index (χ0v) is 10.9. The average Bonchev–Trinajstić information content (AvgIpc) is 2.44. The fourth-order valence-electron chi connectivity index (χ4n) is 1.46. The lowest BCUT2D eigenvalue weighted by Gasteiger charge is -2.10. The van der Waals surface area contributed by atoms with E-state index in [1.807, 2.05) is 13.0 Å². The summed E-state index contributed by atoms with van der Waals surface area (Å²) < 4.78 is 1.07. The van der Waals surface area contributed by atoms with Gasteiger partial charge >= 0.3 is 5.97 Å². The van der Waals surface area contributed by atoms with Crippen LogP contribution in [0.25, 0.3) is 0 Å². The summed E-state index contributed by atoms with van der Waals surface area (Å²) in [5.41, 5.74) is 7.11. The molecule has 0 fully saturated rings. The van der Waals surface area contributed by atoms with E-state index in [-0.39, 0.29) is 12.5 Å². The van der Waals surface area contributed by atoms with Gasteiger partial charge in [-0.15, -0.1) is 11.3 Å². The second kappa shape index (κ2) is 5.63. The molecular weight excluding hydrogens is 278 g/mol. The van der Waals surface area contributed by atoms with Crippen LogP contribution >= 0.6 is 27.3 Å². The Morgan fingerprint density at radius 2 is 2.40 bits per heavy atom. The lowest BCUT2D eigenvalue weighted by atomic mass is 10.0. The molecule has 1 atom stereocenters. The van der Waals surface area contributed by atoms with E-state index >= 15 is 0 Å². The molecule has 0 radical (unpaired) electrons. The molecule has 0 saturated heterocycles. The maximum Gasteiger partial charge on any atom is 0.303 e. The number of carboxylic acid groups (broad SMARTS) is 1. The van der Waals surface area contributed by atoms with Crippen molar-refractivity contribution in [2.75, 3.05) is 0 Å². The number of aryl methyl sites for hydroxylation is 1. The molecule has 0 saturated carbocycles. The van der Waals surface area contributed by atoms with Gasteiger partial charge in [-0.2, -0.15) is 0 Å². The molecule has 1 aromatic rings. The number of rotatable bonds is 5. The van der Waals surface area contributed by atoms with Crippen LogP contribution in [-0.4, -0.2) is 11.1 Å². The van der Waals surface area contributed by atoms with Gasteiger partial charge in [0.05, 0.1) is 3.79 Å². The van der Waals surface area contributed by atoms with Crippen molar-refractivity contribution in [2.24, 2.45) is 5.73 Å². The second-order valence-corrected chi connectivity index (χ2v) is 6.09. The highest BCUT2D eigenvalue weighted by Gasteiger charge is 2.12. The summed E-state index contributed by atoms with van der Waals surface area (Å²) in [7, 11) is 0. The summed E-state index contributed by atoms with van der Waals surface area (Å²) in [6.07, 6.45) is 1.54. The molecule has 0 bridgehead atoms. The third-order valence-electron chi connectivity index (χ3n) is 2.23. The molecule has 0 amide bonds. The molecule has 84 valence electrons. The number of halogens is 1. The van der Waals surface area contributed by atoms with Crippen LogP contribution in [0, 0.1) is 6.92 Å². The quantitative estimate of drug-likeness (QED) is 0.876. The van der Waals surface area contributed by atoms with E-state index in [0.717, 1.165) is 15.8 Å². The predicted molar refractivity (Wildman–Crippen MR) is 65.2 cm³/mol. The van der Waals surface area contributed by atoms with Crippen LogP contribution in [0.5, 0.6) is 0 Å². The van der Waals surface area contributed by atoms with Gasteiger partial charge in [0.15, 0.2) is 0 Å². The van der Waals surface area contributed by atoms with E-state index in [4.69, 9.17) is 10.8 Å². The lowest BCUT2D eigenvalue weighted by Crippen LogP contribution is -2.11. The molecule has 1 heterocycles.